The van der Waals surface area contributed by atoms with Crippen LogP contribution < -0.4 is 19.7 Å². The van der Waals surface area contributed by atoms with Gasteiger partial charge in [0.25, 0.3) is 5.91 Å². The maximum Gasteiger partial charge on any atom is 0.251 e. The van der Waals surface area contributed by atoms with E-state index >= 15 is 0 Å². The summed E-state index contributed by atoms with van der Waals surface area (Å²) in [5.41, 5.74) is 1.39. The van der Waals surface area contributed by atoms with E-state index in [2.05, 4.69) is 10.3 Å². The van der Waals surface area contributed by atoms with Crippen molar-refractivity contribution in [3.05, 3.63) is 46.6 Å². The number of amides is 1. The van der Waals surface area contributed by atoms with Crippen molar-refractivity contribution >= 4 is 23.3 Å². The summed E-state index contributed by atoms with van der Waals surface area (Å²) in [7, 11) is 3.68. The minimum Gasteiger partial charge on any atom is -0.454 e. The Bertz CT molecular complexity index is 749. The third-order valence-corrected chi connectivity index (χ3v) is 3.58. The lowest BCUT2D eigenvalue weighted by atomic mass is 10.2. The second-order valence-corrected chi connectivity index (χ2v) is 5.69. The summed E-state index contributed by atoms with van der Waals surface area (Å²) in [6.07, 6.45) is 0. The summed E-state index contributed by atoms with van der Waals surface area (Å²) in [5, 5.41) is 3.14. The topological polar surface area (TPSA) is 63.7 Å². The van der Waals surface area contributed by atoms with Crippen LogP contribution in [0.4, 0.5) is 5.82 Å². The first kappa shape index (κ1) is 15.4. The van der Waals surface area contributed by atoms with E-state index in [-0.39, 0.29) is 17.9 Å². The van der Waals surface area contributed by atoms with Gasteiger partial charge in [-0.2, -0.15) is 0 Å². The summed E-state index contributed by atoms with van der Waals surface area (Å²) in [6.45, 7) is 0.612. The zero-order chi connectivity index (χ0) is 16.4. The van der Waals surface area contributed by atoms with E-state index in [9.17, 15) is 4.79 Å². The van der Waals surface area contributed by atoms with Gasteiger partial charge in [-0.1, -0.05) is 17.7 Å². The first-order valence-electron chi connectivity index (χ1n) is 7.04. The molecule has 0 fully saturated rings. The van der Waals surface area contributed by atoms with Crippen molar-refractivity contribution in [2.24, 2.45) is 0 Å². The van der Waals surface area contributed by atoms with Gasteiger partial charge in [-0.15, -0.1) is 0 Å². The average Bonchev–Trinajstić information content (AvgIpc) is 2.99. The number of hydrogen-bond donors (Lipinski definition) is 1. The monoisotopic (exact) mass is 333 g/mol. The van der Waals surface area contributed by atoms with Gasteiger partial charge in [0.15, 0.2) is 11.5 Å². The maximum atomic E-state index is 12.3. The summed E-state index contributed by atoms with van der Waals surface area (Å²) < 4.78 is 10.6. The van der Waals surface area contributed by atoms with Gasteiger partial charge >= 0.3 is 0 Å². The van der Waals surface area contributed by atoms with Gasteiger partial charge in [0, 0.05) is 26.2 Å². The molecule has 1 N–H and O–H groups in total. The lowest BCUT2D eigenvalue weighted by Gasteiger charge is -2.13. The highest BCUT2D eigenvalue weighted by Crippen LogP contribution is 2.32. The molecule has 2 aromatic rings. The molecule has 0 spiro atoms. The molecular weight excluding hydrogens is 318 g/mol. The molecule has 7 heteroatoms. The predicted octanol–water partition coefficient (Wildman–Crippen LogP) is 2.46. The van der Waals surface area contributed by atoms with Crippen LogP contribution in [0.15, 0.2) is 30.3 Å². The molecule has 0 unspecified atom stereocenters. The smallest absolute Gasteiger partial charge is 0.251 e. The van der Waals surface area contributed by atoms with Gasteiger partial charge < -0.3 is 19.7 Å². The molecule has 6 nitrogen and oxygen atoms in total. The molecule has 0 radical (unpaired) electrons. The molecule has 0 bridgehead atoms. The van der Waals surface area contributed by atoms with Crippen molar-refractivity contribution in [3.63, 3.8) is 0 Å². The normalized spacial score (nSPS) is 12.1. The Morgan fingerprint density at radius 2 is 2.04 bits per heavy atom. The van der Waals surface area contributed by atoms with Gasteiger partial charge in [0.05, 0.1) is 0 Å². The molecule has 0 aliphatic carbocycles. The molecule has 2 heterocycles. The number of pyridine rings is 1. The predicted molar refractivity (Wildman–Crippen MR) is 87.3 cm³/mol. The van der Waals surface area contributed by atoms with Crippen molar-refractivity contribution < 1.29 is 14.3 Å². The summed E-state index contributed by atoms with van der Waals surface area (Å²) >= 11 is 5.97. The summed E-state index contributed by atoms with van der Waals surface area (Å²) in [4.78, 5) is 18.3. The molecular formula is C16H16ClN3O3. The van der Waals surface area contributed by atoms with Crippen LogP contribution in [0.3, 0.4) is 0 Å². The van der Waals surface area contributed by atoms with Crippen LogP contribution in [0.2, 0.25) is 5.15 Å². The number of hydrogen-bond acceptors (Lipinski definition) is 5. The van der Waals surface area contributed by atoms with Crippen LogP contribution in [-0.4, -0.2) is 31.8 Å². The molecule has 1 amide bonds. The molecule has 1 aliphatic heterocycles. The van der Waals surface area contributed by atoms with Gasteiger partial charge in [0.1, 0.15) is 11.0 Å². The van der Waals surface area contributed by atoms with Gasteiger partial charge in [-0.05, 0) is 29.8 Å². The number of nitrogens with zero attached hydrogens (tertiary/aromatic N) is 2. The third kappa shape index (κ3) is 3.48. The first-order chi connectivity index (χ1) is 11.0. The van der Waals surface area contributed by atoms with Crippen molar-refractivity contribution in [1.29, 1.82) is 0 Å². The zero-order valence-corrected chi connectivity index (χ0v) is 13.6. The number of fused-ring (bicyclic) bond motifs is 1. The van der Waals surface area contributed by atoms with E-state index in [1.807, 2.05) is 32.3 Å². The highest BCUT2D eigenvalue weighted by molar-refractivity contribution is 6.29. The van der Waals surface area contributed by atoms with Crippen molar-refractivity contribution in [2.45, 2.75) is 6.54 Å². The minimum absolute atomic E-state index is 0.213. The highest BCUT2D eigenvalue weighted by Gasteiger charge is 2.14. The molecule has 0 atom stereocenters. The van der Waals surface area contributed by atoms with E-state index in [0.29, 0.717) is 23.7 Å². The van der Waals surface area contributed by atoms with Crippen molar-refractivity contribution in [3.8, 4) is 11.5 Å². The second kappa shape index (κ2) is 6.34. The lowest BCUT2D eigenvalue weighted by Crippen LogP contribution is -2.23. The number of carbonyl (C=O) groups excluding carboxylic acids is 1. The Morgan fingerprint density at radius 1 is 1.26 bits per heavy atom. The van der Waals surface area contributed by atoms with E-state index in [4.69, 9.17) is 21.1 Å². The highest BCUT2D eigenvalue weighted by atomic mass is 35.5. The van der Waals surface area contributed by atoms with Gasteiger partial charge in [-0.3, -0.25) is 4.79 Å². The van der Waals surface area contributed by atoms with E-state index in [0.717, 1.165) is 11.3 Å². The number of benzene rings is 1. The average molecular weight is 334 g/mol. The van der Waals surface area contributed by atoms with E-state index < -0.39 is 0 Å². The number of carbonyl (C=O) groups is 1. The van der Waals surface area contributed by atoms with Crippen LogP contribution in [0, 0.1) is 0 Å². The number of anilines is 1. The quantitative estimate of drug-likeness (QED) is 0.871. The molecule has 1 aliphatic rings. The molecule has 23 heavy (non-hydrogen) atoms. The SMILES string of the molecule is CN(C)c1cc(C(=O)NCc2ccc3c(c2)OCO3)cc(Cl)n1. The maximum absolute atomic E-state index is 12.3. The van der Waals surface area contributed by atoms with Crippen LogP contribution in [0.5, 0.6) is 11.5 Å². The van der Waals surface area contributed by atoms with Crippen LogP contribution >= 0.6 is 11.6 Å². The lowest BCUT2D eigenvalue weighted by molar-refractivity contribution is 0.0950. The summed E-state index contributed by atoms with van der Waals surface area (Å²) in [6, 6.07) is 8.81. The van der Waals surface area contributed by atoms with E-state index in [1.165, 1.54) is 0 Å². The number of nitrogens with one attached hydrogen (secondary N) is 1. The van der Waals surface area contributed by atoms with Crippen molar-refractivity contribution in [1.82, 2.24) is 10.3 Å². The fourth-order valence-electron chi connectivity index (χ4n) is 2.18. The third-order valence-electron chi connectivity index (χ3n) is 3.39. The zero-order valence-electron chi connectivity index (χ0n) is 12.8. The molecule has 1 aromatic heterocycles. The minimum atomic E-state index is -0.213. The first-order valence-corrected chi connectivity index (χ1v) is 7.42. The molecule has 120 valence electrons. The fraction of sp³-hybridized carbons (Fsp3) is 0.250. The molecule has 1 aromatic carbocycles. The Morgan fingerprint density at radius 3 is 2.83 bits per heavy atom. The second-order valence-electron chi connectivity index (χ2n) is 5.30. The largest absolute Gasteiger partial charge is 0.454 e. The molecule has 0 saturated heterocycles. The van der Waals surface area contributed by atoms with Gasteiger partial charge in [0.2, 0.25) is 6.79 Å². The Kier molecular flexibility index (Phi) is 4.25. The number of rotatable bonds is 4. The number of ether oxygens (including phenoxy) is 2. The van der Waals surface area contributed by atoms with Crippen LogP contribution in [-0.2, 0) is 6.54 Å². The number of halogens is 1. The Balaban J connectivity index is 1.70. The van der Waals surface area contributed by atoms with Crippen LogP contribution in [0.25, 0.3) is 0 Å². The Labute approximate surface area is 139 Å². The molecule has 3 rings (SSSR count). The van der Waals surface area contributed by atoms with Crippen molar-refractivity contribution in [2.75, 3.05) is 25.8 Å². The Hall–Kier alpha value is -2.47. The van der Waals surface area contributed by atoms with E-state index in [1.54, 1.807) is 17.0 Å². The van der Waals surface area contributed by atoms with Gasteiger partial charge in [-0.25, -0.2) is 4.98 Å². The van der Waals surface area contributed by atoms with Crippen LogP contribution in [0.1, 0.15) is 15.9 Å². The fourth-order valence-corrected chi connectivity index (χ4v) is 2.38. The summed E-state index contributed by atoms with van der Waals surface area (Å²) in [5.74, 6) is 1.83. The molecule has 0 saturated carbocycles. The number of aromatic nitrogens is 1. The standard InChI is InChI=1S/C16H16ClN3O3/c1-20(2)15-7-11(6-14(17)19-15)16(21)18-8-10-3-4-12-13(5-10)23-9-22-12/h3-7H,8-9H2,1-2H3,(H,18,21).